The molecule has 0 aromatic heterocycles. The zero-order valence-electron chi connectivity index (χ0n) is 7.49. The number of aliphatic hydroxyl groups excluding tert-OH is 1. The Morgan fingerprint density at radius 2 is 2.08 bits per heavy atom. The van der Waals surface area contributed by atoms with Gasteiger partial charge in [0.2, 0.25) is 0 Å². The van der Waals surface area contributed by atoms with Crippen LogP contribution in [0.4, 0.5) is 5.69 Å². The molecular weight excluding hydrogens is 170 g/mol. The van der Waals surface area contributed by atoms with Gasteiger partial charge in [-0.2, -0.15) is 0 Å². The Kier molecular flexibility index (Phi) is 3.40. The molecule has 0 radical (unpaired) electrons. The van der Waals surface area contributed by atoms with Crippen LogP contribution in [0.15, 0.2) is 18.2 Å². The van der Waals surface area contributed by atoms with Gasteiger partial charge in [-0.3, -0.25) is 0 Å². The Labute approximate surface area is 76.9 Å². The van der Waals surface area contributed by atoms with Crippen molar-refractivity contribution in [1.29, 1.82) is 0 Å². The summed E-state index contributed by atoms with van der Waals surface area (Å²) in [5.74, 6) is 1.11. The zero-order valence-corrected chi connectivity index (χ0v) is 7.49. The Balaban J connectivity index is 2.81. The number of rotatable bonds is 4. The second-order valence-corrected chi connectivity index (χ2v) is 2.44. The molecule has 1 rings (SSSR count). The first-order chi connectivity index (χ1) is 6.29. The molecule has 0 spiro atoms. The van der Waals surface area contributed by atoms with Gasteiger partial charge in [0.1, 0.15) is 23.8 Å². The van der Waals surface area contributed by atoms with Gasteiger partial charge < -0.3 is 20.3 Å². The van der Waals surface area contributed by atoms with E-state index < -0.39 is 0 Å². The average Bonchev–Trinajstić information content (AvgIpc) is 2.16. The topological polar surface area (TPSA) is 64.7 Å². The van der Waals surface area contributed by atoms with Crippen molar-refractivity contribution in [2.75, 3.05) is 26.1 Å². The second kappa shape index (κ2) is 4.57. The number of nitrogens with two attached hydrogens (primary N) is 1. The minimum atomic E-state index is -0.0311. The van der Waals surface area contributed by atoms with E-state index in [1.54, 1.807) is 25.3 Å². The van der Waals surface area contributed by atoms with Crippen molar-refractivity contribution < 1.29 is 14.6 Å². The summed E-state index contributed by atoms with van der Waals surface area (Å²) in [6.07, 6.45) is 0. The quantitative estimate of drug-likeness (QED) is 0.672. The van der Waals surface area contributed by atoms with Crippen LogP contribution >= 0.6 is 0 Å². The number of ether oxygens (including phenoxy) is 2. The number of hydrogen-bond donors (Lipinski definition) is 2. The van der Waals surface area contributed by atoms with Crippen LogP contribution < -0.4 is 15.2 Å². The molecule has 4 heteroatoms. The van der Waals surface area contributed by atoms with Crippen molar-refractivity contribution >= 4 is 5.69 Å². The third-order valence-electron chi connectivity index (χ3n) is 1.59. The second-order valence-electron chi connectivity index (χ2n) is 2.44. The molecule has 0 bridgehead atoms. The van der Waals surface area contributed by atoms with Gasteiger partial charge in [0.05, 0.1) is 13.7 Å². The van der Waals surface area contributed by atoms with Crippen molar-refractivity contribution in [3.63, 3.8) is 0 Å². The molecule has 0 aliphatic carbocycles. The Morgan fingerprint density at radius 1 is 1.38 bits per heavy atom. The fraction of sp³-hybridized carbons (Fsp3) is 0.333. The average molecular weight is 183 g/mol. The van der Waals surface area contributed by atoms with Gasteiger partial charge in [0, 0.05) is 0 Å². The van der Waals surface area contributed by atoms with Crippen LogP contribution in [0.5, 0.6) is 11.5 Å². The van der Waals surface area contributed by atoms with E-state index >= 15 is 0 Å². The van der Waals surface area contributed by atoms with Gasteiger partial charge >= 0.3 is 0 Å². The number of benzene rings is 1. The molecular formula is C9H13NO3. The third-order valence-corrected chi connectivity index (χ3v) is 1.59. The van der Waals surface area contributed by atoms with Crippen LogP contribution in [0, 0.1) is 0 Å². The van der Waals surface area contributed by atoms with Gasteiger partial charge in [-0.15, -0.1) is 0 Å². The molecule has 1 aromatic carbocycles. The van der Waals surface area contributed by atoms with Crippen LogP contribution in [0.2, 0.25) is 0 Å². The summed E-state index contributed by atoms with van der Waals surface area (Å²) in [5, 5.41) is 8.55. The lowest BCUT2D eigenvalue weighted by Gasteiger charge is -2.10. The number of hydrogen-bond acceptors (Lipinski definition) is 4. The van der Waals surface area contributed by atoms with Crippen LogP contribution in [0.3, 0.4) is 0 Å². The summed E-state index contributed by atoms with van der Waals surface area (Å²) in [4.78, 5) is 0. The lowest BCUT2D eigenvalue weighted by molar-refractivity contribution is 0.201. The highest BCUT2D eigenvalue weighted by atomic mass is 16.5. The van der Waals surface area contributed by atoms with Crippen LogP contribution in [0.1, 0.15) is 0 Å². The van der Waals surface area contributed by atoms with Crippen molar-refractivity contribution in [3.8, 4) is 11.5 Å². The predicted octanol–water partition coefficient (Wildman–Crippen LogP) is 0.648. The predicted molar refractivity (Wildman–Crippen MR) is 50.0 cm³/mol. The van der Waals surface area contributed by atoms with Gasteiger partial charge in [0.25, 0.3) is 0 Å². The fourth-order valence-electron chi connectivity index (χ4n) is 0.983. The monoisotopic (exact) mass is 183 g/mol. The summed E-state index contributed by atoms with van der Waals surface area (Å²) in [6, 6.07) is 5.26. The summed E-state index contributed by atoms with van der Waals surface area (Å²) < 4.78 is 10.2. The maximum atomic E-state index is 8.55. The molecule has 13 heavy (non-hydrogen) atoms. The van der Waals surface area contributed by atoms with E-state index in [1.807, 2.05) is 0 Å². The summed E-state index contributed by atoms with van der Waals surface area (Å²) in [5.41, 5.74) is 6.16. The lowest BCUT2D eigenvalue weighted by Crippen LogP contribution is -2.04. The number of para-hydroxylation sites is 1. The highest BCUT2D eigenvalue weighted by Crippen LogP contribution is 2.30. The van der Waals surface area contributed by atoms with E-state index in [4.69, 9.17) is 20.3 Å². The largest absolute Gasteiger partial charge is 0.494 e. The SMILES string of the molecule is COc1cccc(OCCO)c1N. The maximum absolute atomic E-state index is 8.55. The van der Waals surface area contributed by atoms with Gasteiger partial charge in [-0.1, -0.05) is 6.07 Å². The molecule has 0 fully saturated rings. The molecule has 0 heterocycles. The van der Waals surface area contributed by atoms with E-state index in [-0.39, 0.29) is 13.2 Å². The standard InChI is InChI=1S/C9H13NO3/c1-12-7-3-2-4-8(9(7)10)13-6-5-11/h2-4,11H,5-6,10H2,1H3. The van der Waals surface area contributed by atoms with Crippen molar-refractivity contribution in [3.05, 3.63) is 18.2 Å². The Bertz CT molecular complexity index is 276. The molecule has 0 aliphatic heterocycles. The lowest BCUT2D eigenvalue weighted by atomic mass is 10.3. The minimum Gasteiger partial charge on any atom is -0.494 e. The highest BCUT2D eigenvalue weighted by Gasteiger charge is 2.04. The van der Waals surface area contributed by atoms with Crippen LogP contribution in [-0.4, -0.2) is 25.4 Å². The van der Waals surface area contributed by atoms with Gasteiger partial charge in [-0.25, -0.2) is 0 Å². The zero-order chi connectivity index (χ0) is 9.68. The molecule has 3 N–H and O–H groups in total. The first-order valence-electron chi connectivity index (χ1n) is 3.95. The molecule has 1 aromatic rings. The maximum Gasteiger partial charge on any atom is 0.146 e. The summed E-state index contributed by atoms with van der Waals surface area (Å²) >= 11 is 0. The number of nitrogen functional groups attached to an aromatic ring is 1. The normalized spacial score (nSPS) is 9.69. The van der Waals surface area contributed by atoms with E-state index in [0.717, 1.165) is 0 Å². The van der Waals surface area contributed by atoms with Crippen LogP contribution in [-0.2, 0) is 0 Å². The van der Waals surface area contributed by atoms with E-state index in [2.05, 4.69) is 0 Å². The van der Waals surface area contributed by atoms with Crippen molar-refractivity contribution in [1.82, 2.24) is 0 Å². The third kappa shape index (κ3) is 2.26. The minimum absolute atomic E-state index is 0.0311. The van der Waals surface area contributed by atoms with Gasteiger partial charge in [-0.05, 0) is 12.1 Å². The Hall–Kier alpha value is -1.42. The molecule has 4 nitrogen and oxygen atoms in total. The number of aliphatic hydroxyl groups is 1. The van der Waals surface area contributed by atoms with Crippen molar-refractivity contribution in [2.45, 2.75) is 0 Å². The molecule has 0 atom stereocenters. The first-order valence-corrected chi connectivity index (χ1v) is 3.95. The van der Waals surface area contributed by atoms with E-state index in [9.17, 15) is 0 Å². The Morgan fingerprint density at radius 3 is 2.69 bits per heavy atom. The van der Waals surface area contributed by atoms with Gasteiger partial charge in [0.15, 0.2) is 0 Å². The highest BCUT2D eigenvalue weighted by molar-refractivity contribution is 5.62. The van der Waals surface area contributed by atoms with E-state index in [1.165, 1.54) is 0 Å². The molecule has 0 amide bonds. The van der Waals surface area contributed by atoms with Crippen molar-refractivity contribution in [2.24, 2.45) is 0 Å². The molecule has 0 saturated heterocycles. The number of methoxy groups -OCH3 is 1. The fourth-order valence-corrected chi connectivity index (χ4v) is 0.983. The molecule has 72 valence electrons. The van der Waals surface area contributed by atoms with E-state index in [0.29, 0.717) is 17.2 Å². The molecule has 0 unspecified atom stereocenters. The summed E-state index contributed by atoms with van der Waals surface area (Å²) in [6.45, 7) is 0.202. The molecule has 0 aliphatic rings. The smallest absolute Gasteiger partial charge is 0.146 e. The van der Waals surface area contributed by atoms with Crippen LogP contribution in [0.25, 0.3) is 0 Å². The molecule has 0 saturated carbocycles. The number of anilines is 1. The summed E-state index contributed by atoms with van der Waals surface area (Å²) in [7, 11) is 1.54. The first kappa shape index (κ1) is 9.67.